The first-order valence-corrected chi connectivity index (χ1v) is 5.77. The van der Waals surface area contributed by atoms with E-state index in [1.807, 2.05) is 13.0 Å². The van der Waals surface area contributed by atoms with Crippen molar-refractivity contribution in [2.75, 3.05) is 0 Å². The van der Waals surface area contributed by atoms with Gasteiger partial charge in [-0.1, -0.05) is 30.3 Å². The van der Waals surface area contributed by atoms with Crippen molar-refractivity contribution in [2.24, 2.45) is 5.73 Å². The van der Waals surface area contributed by atoms with Gasteiger partial charge in [0.25, 0.3) is 0 Å². The Morgan fingerprint density at radius 1 is 1.29 bits per heavy atom. The molecule has 0 amide bonds. The Morgan fingerprint density at radius 3 is 2.65 bits per heavy atom. The first kappa shape index (κ1) is 11.8. The van der Waals surface area contributed by atoms with Crippen molar-refractivity contribution >= 4 is 0 Å². The Labute approximate surface area is 101 Å². The van der Waals surface area contributed by atoms with Crippen LogP contribution in [0.15, 0.2) is 22.7 Å². The molecule has 0 fully saturated rings. The van der Waals surface area contributed by atoms with Crippen LogP contribution in [0.1, 0.15) is 41.4 Å². The molecule has 0 bridgehead atoms. The molecule has 1 heterocycles. The molecular formula is C13H17N3O. The van der Waals surface area contributed by atoms with E-state index in [0.29, 0.717) is 11.7 Å². The van der Waals surface area contributed by atoms with E-state index in [2.05, 4.69) is 36.1 Å². The number of hydrogen-bond acceptors (Lipinski definition) is 4. The first-order chi connectivity index (χ1) is 8.11. The van der Waals surface area contributed by atoms with Gasteiger partial charge in [-0.2, -0.15) is 4.98 Å². The van der Waals surface area contributed by atoms with E-state index < -0.39 is 0 Å². The number of benzene rings is 1. The van der Waals surface area contributed by atoms with E-state index in [9.17, 15) is 0 Å². The summed E-state index contributed by atoms with van der Waals surface area (Å²) in [5.74, 6) is 1.17. The predicted molar refractivity (Wildman–Crippen MR) is 65.6 cm³/mol. The summed E-state index contributed by atoms with van der Waals surface area (Å²) >= 11 is 0. The van der Waals surface area contributed by atoms with Crippen LogP contribution >= 0.6 is 0 Å². The van der Waals surface area contributed by atoms with Gasteiger partial charge in [0, 0.05) is 6.42 Å². The van der Waals surface area contributed by atoms with Gasteiger partial charge in [-0.15, -0.1) is 0 Å². The second kappa shape index (κ2) is 4.67. The Balaban J connectivity index is 2.29. The largest absolute Gasteiger partial charge is 0.339 e. The molecule has 0 saturated carbocycles. The summed E-state index contributed by atoms with van der Waals surface area (Å²) in [5.41, 5.74) is 9.60. The van der Waals surface area contributed by atoms with Gasteiger partial charge in [0.2, 0.25) is 5.89 Å². The fraction of sp³-hybridized carbons (Fsp3) is 0.385. The zero-order valence-electron chi connectivity index (χ0n) is 10.4. The van der Waals surface area contributed by atoms with Crippen LogP contribution in [0.5, 0.6) is 0 Å². The van der Waals surface area contributed by atoms with Gasteiger partial charge in [-0.3, -0.25) is 0 Å². The van der Waals surface area contributed by atoms with Crippen LogP contribution in [0.2, 0.25) is 0 Å². The molecule has 1 aromatic heterocycles. The van der Waals surface area contributed by atoms with Crippen molar-refractivity contribution in [2.45, 2.75) is 33.2 Å². The third kappa shape index (κ3) is 2.36. The molecule has 0 aliphatic rings. The molecule has 17 heavy (non-hydrogen) atoms. The molecule has 2 N–H and O–H groups in total. The number of nitrogens with zero attached hydrogens (tertiary/aromatic N) is 2. The standard InChI is InChI=1S/C13H17N3O/c1-4-11-15-13(16-17-11)12(14)10-6-5-8(2)9(3)7-10/h5-7,12H,4,14H2,1-3H3. The molecular weight excluding hydrogens is 214 g/mol. The molecule has 0 aliphatic heterocycles. The quantitative estimate of drug-likeness (QED) is 0.880. The zero-order valence-corrected chi connectivity index (χ0v) is 10.4. The summed E-state index contributed by atoms with van der Waals surface area (Å²) in [6.07, 6.45) is 0.729. The number of rotatable bonds is 3. The lowest BCUT2D eigenvalue weighted by molar-refractivity contribution is 0.375. The average molecular weight is 231 g/mol. The molecule has 0 spiro atoms. The summed E-state index contributed by atoms with van der Waals surface area (Å²) < 4.78 is 5.07. The maximum atomic E-state index is 6.12. The molecule has 2 aromatic rings. The molecule has 1 unspecified atom stereocenters. The van der Waals surface area contributed by atoms with Crippen molar-refractivity contribution in [1.82, 2.24) is 10.1 Å². The van der Waals surface area contributed by atoms with Gasteiger partial charge in [0.1, 0.15) is 0 Å². The normalized spacial score (nSPS) is 12.7. The molecule has 1 atom stereocenters. The highest BCUT2D eigenvalue weighted by Gasteiger charge is 2.15. The van der Waals surface area contributed by atoms with Gasteiger partial charge in [-0.05, 0) is 30.5 Å². The fourth-order valence-electron chi connectivity index (χ4n) is 1.65. The lowest BCUT2D eigenvalue weighted by Crippen LogP contribution is -2.14. The highest BCUT2D eigenvalue weighted by atomic mass is 16.5. The second-order valence-corrected chi connectivity index (χ2v) is 4.22. The Bertz CT molecular complexity index is 519. The van der Waals surface area contributed by atoms with Crippen LogP contribution < -0.4 is 5.73 Å². The number of aryl methyl sites for hydroxylation is 3. The van der Waals surface area contributed by atoms with Crippen LogP contribution in [0.4, 0.5) is 0 Å². The maximum Gasteiger partial charge on any atom is 0.226 e. The first-order valence-electron chi connectivity index (χ1n) is 5.77. The van der Waals surface area contributed by atoms with E-state index in [-0.39, 0.29) is 6.04 Å². The summed E-state index contributed by atoms with van der Waals surface area (Å²) in [6, 6.07) is 5.82. The molecule has 1 aromatic carbocycles. The molecule has 4 heteroatoms. The number of hydrogen-bond donors (Lipinski definition) is 1. The van der Waals surface area contributed by atoms with Gasteiger partial charge in [0.15, 0.2) is 5.82 Å². The Hall–Kier alpha value is -1.68. The minimum absolute atomic E-state index is 0.321. The van der Waals surface area contributed by atoms with Crippen LogP contribution in [-0.4, -0.2) is 10.1 Å². The molecule has 0 aliphatic carbocycles. The van der Waals surface area contributed by atoms with Gasteiger partial charge >= 0.3 is 0 Å². The third-order valence-corrected chi connectivity index (χ3v) is 2.95. The minimum Gasteiger partial charge on any atom is -0.339 e. The topological polar surface area (TPSA) is 64.9 Å². The van der Waals surface area contributed by atoms with E-state index >= 15 is 0 Å². The van der Waals surface area contributed by atoms with Crippen LogP contribution in [-0.2, 0) is 6.42 Å². The van der Waals surface area contributed by atoms with E-state index in [1.165, 1.54) is 11.1 Å². The number of nitrogens with two attached hydrogens (primary N) is 1. The lowest BCUT2D eigenvalue weighted by atomic mass is 10.0. The predicted octanol–water partition coefficient (Wildman–Crippen LogP) is 2.30. The van der Waals surface area contributed by atoms with Gasteiger partial charge < -0.3 is 10.3 Å². The zero-order chi connectivity index (χ0) is 12.4. The van der Waals surface area contributed by atoms with Gasteiger partial charge in [0.05, 0.1) is 6.04 Å². The molecule has 0 saturated heterocycles. The van der Waals surface area contributed by atoms with Crippen molar-refractivity contribution in [3.8, 4) is 0 Å². The van der Waals surface area contributed by atoms with E-state index in [4.69, 9.17) is 10.3 Å². The van der Waals surface area contributed by atoms with Gasteiger partial charge in [-0.25, -0.2) is 0 Å². The Morgan fingerprint density at radius 2 is 2.06 bits per heavy atom. The Kier molecular flexibility index (Phi) is 3.24. The second-order valence-electron chi connectivity index (χ2n) is 4.22. The molecule has 90 valence electrons. The highest BCUT2D eigenvalue weighted by molar-refractivity contribution is 5.33. The molecule has 4 nitrogen and oxygen atoms in total. The smallest absolute Gasteiger partial charge is 0.226 e. The molecule has 0 radical (unpaired) electrons. The maximum absolute atomic E-state index is 6.12. The lowest BCUT2D eigenvalue weighted by Gasteiger charge is -2.09. The molecule has 2 rings (SSSR count). The fourth-order valence-corrected chi connectivity index (χ4v) is 1.65. The SMILES string of the molecule is CCc1nc(C(N)c2ccc(C)c(C)c2)no1. The van der Waals surface area contributed by atoms with Crippen LogP contribution in [0, 0.1) is 13.8 Å². The van der Waals surface area contributed by atoms with E-state index in [1.54, 1.807) is 0 Å². The summed E-state index contributed by atoms with van der Waals surface area (Å²) in [4.78, 5) is 4.25. The monoisotopic (exact) mass is 231 g/mol. The highest BCUT2D eigenvalue weighted by Crippen LogP contribution is 2.19. The van der Waals surface area contributed by atoms with E-state index in [0.717, 1.165) is 12.0 Å². The van der Waals surface area contributed by atoms with Crippen molar-refractivity contribution in [1.29, 1.82) is 0 Å². The van der Waals surface area contributed by atoms with Crippen molar-refractivity contribution in [3.63, 3.8) is 0 Å². The summed E-state index contributed by atoms with van der Waals surface area (Å²) in [7, 11) is 0. The number of aromatic nitrogens is 2. The van der Waals surface area contributed by atoms with Crippen molar-refractivity contribution < 1.29 is 4.52 Å². The van der Waals surface area contributed by atoms with Crippen molar-refractivity contribution in [3.05, 3.63) is 46.6 Å². The minimum atomic E-state index is -0.321. The average Bonchev–Trinajstić information content (AvgIpc) is 2.80. The summed E-state index contributed by atoms with van der Waals surface area (Å²) in [5, 5.41) is 3.90. The third-order valence-electron chi connectivity index (χ3n) is 2.95. The van der Waals surface area contributed by atoms with Crippen LogP contribution in [0.25, 0.3) is 0 Å². The van der Waals surface area contributed by atoms with Crippen LogP contribution in [0.3, 0.4) is 0 Å². The summed E-state index contributed by atoms with van der Waals surface area (Å²) in [6.45, 7) is 6.12.